The van der Waals surface area contributed by atoms with Crippen molar-refractivity contribution in [1.29, 1.82) is 0 Å². The van der Waals surface area contributed by atoms with Crippen LogP contribution in [0.15, 0.2) is 47.4 Å². The van der Waals surface area contributed by atoms with Gasteiger partial charge in [-0.15, -0.1) is 0 Å². The zero-order valence-corrected chi connectivity index (χ0v) is 13.8. The fourth-order valence-corrected chi connectivity index (χ4v) is 3.29. The molecule has 0 saturated carbocycles. The highest BCUT2D eigenvalue weighted by molar-refractivity contribution is 7.89. The topological polar surface area (TPSA) is 98.5 Å². The molecular weight excluding hydrogens is 328 g/mol. The van der Waals surface area contributed by atoms with E-state index in [-0.39, 0.29) is 17.4 Å². The molecule has 1 amide bonds. The molecule has 2 aromatic rings. The molecule has 126 valence electrons. The molecular formula is C17H18N2O4S. The molecule has 3 rings (SSSR count). The first-order valence-electron chi connectivity index (χ1n) is 7.59. The summed E-state index contributed by atoms with van der Waals surface area (Å²) < 4.78 is 28.1. The van der Waals surface area contributed by atoms with Gasteiger partial charge in [-0.3, -0.25) is 4.79 Å². The molecule has 0 spiro atoms. The number of carbonyl (C=O) groups is 1. The van der Waals surface area contributed by atoms with E-state index < -0.39 is 10.0 Å². The maximum absolute atomic E-state index is 12.0. The minimum atomic E-state index is -3.80. The first kappa shape index (κ1) is 16.5. The molecule has 0 aliphatic heterocycles. The average Bonchev–Trinajstić information content (AvgIpc) is 3.00. The van der Waals surface area contributed by atoms with Crippen LogP contribution in [-0.4, -0.2) is 20.9 Å². The SMILES string of the molecule is NS(=O)(=O)c1cccc(NC(=O)COc2ccc3c(c2)CCC3)c1. The quantitative estimate of drug-likeness (QED) is 0.863. The van der Waals surface area contributed by atoms with E-state index in [9.17, 15) is 13.2 Å². The largest absolute Gasteiger partial charge is 0.484 e. The van der Waals surface area contributed by atoms with Gasteiger partial charge in [0.2, 0.25) is 10.0 Å². The van der Waals surface area contributed by atoms with Crippen LogP contribution in [0.5, 0.6) is 5.75 Å². The van der Waals surface area contributed by atoms with E-state index in [4.69, 9.17) is 9.88 Å². The Morgan fingerprint density at radius 1 is 1.12 bits per heavy atom. The van der Waals surface area contributed by atoms with E-state index in [1.54, 1.807) is 6.07 Å². The molecule has 0 unspecified atom stereocenters. The standard InChI is InChI=1S/C17H18N2O4S/c18-24(21,22)16-6-2-5-14(10-16)19-17(20)11-23-15-8-7-12-3-1-4-13(12)9-15/h2,5-10H,1,3-4,11H2,(H,19,20)(H2,18,21,22). The van der Waals surface area contributed by atoms with Gasteiger partial charge in [-0.25, -0.2) is 13.6 Å². The number of primary sulfonamides is 1. The molecule has 24 heavy (non-hydrogen) atoms. The number of ether oxygens (including phenoxy) is 1. The van der Waals surface area contributed by atoms with Crippen molar-refractivity contribution in [2.75, 3.05) is 11.9 Å². The number of carbonyl (C=O) groups excluding carboxylic acids is 1. The molecule has 6 nitrogen and oxygen atoms in total. The molecule has 0 aromatic heterocycles. The highest BCUT2D eigenvalue weighted by atomic mass is 32.2. The van der Waals surface area contributed by atoms with E-state index >= 15 is 0 Å². The van der Waals surface area contributed by atoms with Crippen LogP contribution in [0.4, 0.5) is 5.69 Å². The van der Waals surface area contributed by atoms with Gasteiger partial charge in [-0.2, -0.15) is 0 Å². The van der Waals surface area contributed by atoms with Crippen LogP contribution in [0.25, 0.3) is 0 Å². The van der Waals surface area contributed by atoms with Crippen molar-refractivity contribution in [3.8, 4) is 5.75 Å². The molecule has 0 radical (unpaired) electrons. The Morgan fingerprint density at radius 3 is 2.71 bits per heavy atom. The Kier molecular flexibility index (Phi) is 4.55. The van der Waals surface area contributed by atoms with Gasteiger partial charge in [0.25, 0.3) is 5.91 Å². The lowest BCUT2D eigenvalue weighted by atomic mass is 10.1. The second-order valence-electron chi connectivity index (χ2n) is 5.69. The van der Waals surface area contributed by atoms with Crippen LogP contribution in [0.3, 0.4) is 0 Å². The van der Waals surface area contributed by atoms with Crippen LogP contribution < -0.4 is 15.2 Å². The minimum Gasteiger partial charge on any atom is -0.484 e. The van der Waals surface area contributed by atoms with Gasteiger partial charge in [0.1, 0.15) is 5.75 Å². The van der Waals surface area contributed by atoms with Gasteiger partial charge >= 0.3 is 0 Å². The van der Waals surface area contributed by atoms with Crippen molar-refractivity contribution in [2.45, 2.75) is 24.2 Å². The molecule has 1 aliphatic rings. The maximum atomic E-state index is 12.0. The van der Waals surface area contributed by atoms with Crippen LogP contribution in [0.1, 0.15) is 17.5 Å². The molecule has 0 atom stereocenters. The molecule has 0 heterocycles. The summed E-state index contributed by atoms with van der Waals surface area (Å²) in [4.78, 5) is 11.9. The lowest BCUT2D eigenvalue weighted by molar-refractivity contribution is -0.118. The van der Waals surface area contributed by atoms with Crippen molar-refractivity contribution in [1.82, 2.24) is 0 Å². The first-order valence-corrected chi connectivity index (χ1v) is 9.14. The fourth-order valence-electron chi connectivity index (χ4n) is 2.73. The zero-order chi connectivity index (χ0) is 17.2. The number of fused-ring (bicyclic) bond motifs is 1. The van der Waals surface area contributed by atoms with Crippen LogP contribution >= 0.6 is 0 Å². The summed E-state index contributed by atoms with van der Waals surface area (Å²) in [7, 11) is -3.80. The van der Waals surface area contributed by atoms with Crippen LogP contribution in [0, 0.1) is 0 Å². The van der Waals surface area contributed by atoms with E-state index in [2.05, 4.69) is 5.32 Å². The molecule has 2 aromatic carbocycles. The fraction of sp³-hybridized carbons (Fsp3) is 0.235. The Morgan fingerprint density at radius 2 is 1.92 bits per heavy atom. The van der Waals surface area contributed by atoms with Crippen molar-refractivity contribution in [2.24, 2.45) is 5.14 Å². The molecule has 0 saturated heterocycles. The number of sulfonamides is 1. The number of hydrogen-bond donors (Lipinski definition) is 2. The van der Waals surface area contributed by atoms with E-state index in [0.717, 1.165) is 19.3 Å². The summed E-state index contributed by atoms with van der Waals surface area (Å²) in [6, 6.07) is 11.6. The molecule has 3 N–H and O–H groups in total. The number of amides is 1. The van der Waals surface area contributed by atoms with Crippen molar-refractivity contribution in [3.05, 3.63) is 53.6 Å². The smallest absolute Gasteiger partial charge is 0.262 e. The normalized spacial score (nSPS) is 13.4. The van der Waals surface area contributed by atoms with Crippen molar-refractivity contribution >= 4 is 21.6 Å². The van der Waals surface area contributed by atoms with Gasteiger partial charge in [0, 0.05) is 5.69 Å². The maximum Gasteiger partial charge on any atom is 0.262 e. The van der Waals surface area contributed by atoms with Gasteiger partial charge in [-0.1, -0.05) is 12.1 Å². The lowest BCUT2D eigenvalue weighted by Gasteiger charge is -2.09. The lowest BCUT2D eigenvalue weighted by Crippen LogP contribution is -2.20. The second kappa shape index (κ2) is 6.62. The van der Waals surface area contributed by atoms with Gasteiger partial charge in [-0.05, 0) is 60.7 Å². The Bertz CT molecular complexity index is 878. The third-order valence-corrected chi connectivity index (χ3v) is 4.80. The summed E-state index contributed by atoms with van der Waals surface area (Å²) in [6.07, 6.45) is 3.29. The average molecular weight is 346 g/mol. The number of rotatable bonds is 5. The van der Waals surface area contributed by atoms with Gasteiger partial charge < -0.3 is 10.1 Å². The summed E-state index contributed by atoms with van der Waals surface area (Å²) >= 11 is 0. The highest BCUT2D eigenvalue weighted by Gasteiger charge is 2.13. The number of nitrogens with two attached hydrogens (primary N) is 1. The number of anilines is 1. The summed E-state index contributed by atoms with van der Waals surface area (Å²) in [5, 5.41) is 7.66. The number of nitrogens with one attached hydrogen (secondary N) is 1. The molecule has 1 aliphatic carbocycles. The molecule has 7 heteroatoms. The Hall–Kier alpha value is -2.38. The summed E-state index contributed by atoms with van der Waals surface area (Å²) in [6.45, 7) is -0.154. The van der Waals surface area contributed by atoms with Crippen LogP contribution in [0.2, 0.25) is 0 Å². The van der Waals surface area contributed by atoms with Crippen molar-refractivity contribution in [3.63, 3.8) is 0 Å². The number of benzene rings is 2. The number of aryl methyl sites for hydroxylation is 2. The van der Waals surface area contributed by atoms with E-state index in [0.29, 0.717) is 11.4 Å². The van der Waals surface area contributed by atoms with Crippen molar-refractivity contribution < 1.29 is 17.9 Å². The second-order valence-corrected chi connectivity index (χ2v) is 7.26. The first-order chi connectivity index (χ1) is 11.4. The molecule has 0 fully saturated rings. The third kappa shape index (κ3) is 3.93. The Balaban J connectivity index is 1.60. The van der Waals surface area contributed by atoms with E-state index in [1.807, 2.05) is 18.2 Å². The summed E-state index contributed by atoms with van der Waals surface area (Å²) in [5.74, 6) is 0.283. The molecule has 0 bridgehead atoms. The van der Waals surface area contributed by atoms with Gasteiger partial charge in [0.15, 0.2) is 6.61 Å². The third-order valence-electron chi connectivity index (χ3n) is 3.89. The Labute approximate surface area is 140 Å². The van der Waals surface area contributed by atoms with Crippen LogP contribution in [-0.2, 0) is 27.7 Å². The predicted molar refractivity (Wildman–Crippen MR) is 90.4 cm³/mol. The number of hydrogen-bond acceptors (Lipinski definition) is 4. The highest BCUT2D eigenvalue weighted by Crippen LogP contribution is 2.26. The minimum absolute atomic E-state index is 0.0557. The monoisotopic (exact) mass is 346 g/mol. The van der Waals surface area contributed by atoms with Gasteiger partial charge in [0.05, 0.1) is 4.90 Å². The van der Waals surface area contributed by atoms with E-state index in [1.165, 1.54) is 29.3 Å². The summed E-state index contributed by atoms with van der Waals surface area (Å²) in [5.41, 5.74) is 2.96. The zero-order valence-electron chi connectivity index (χ0n) is 13.0. The predicted octanol–water partition coefficient (Wildman–Crippen LogP) is 1.84.